The lowest BCUT2D eigenvalue weighted by molar-refractivity contribution is -0.155. The molecule has 20 heavy (non-hydrogen) atoms. The molecule has 1 saturated carbocycles. The van der Waals surface area contributed by atoms with Crippen molar-refractivity contribution in [3.05, 3.63) is 0 Å². The molecule has 10 heteroatoms. The zero-order valence-electron chi connectivity index (χ0n) is 10.1. The molecular formula is C10H12F3N3O4. The summed E-state index contributed by atoms with van der Waals surface area (Å²) >= 11 is 0. The SMILES string of the molecule is O=C(CC(F)(F)F)NNC(=O)C1[C@H]2CN(C(=O)O)C[C@@H]12. The molecule has 112 valence electrons. The molecule has 1 unspecified atom stereocenters. The maximum absolute atomic E-state index is 11.9. The first-order valence-corrected chi connectivity index (χ1v) is 5.82. The third-order valence-electron chi connectivity index (χ3n) is 3.45. The molecule has 3 amide bonds. The van der Waals surface area contributed by atoms with Crippen LogP contribution in [-0.2, 0) is 9.59 Å². The maximum atomic E-state index is 11.9. The smallest absolute Gasteiger partial charge is 0.407 e. The van der Waals surface area contributed by atoms with Crippen molar-refractivity contribution in [3.63, 3.8) is 0 Å². The van der Waals surface area contributed by atoms with Gasteiger partial charge >= 0.3 is 12.3 Å². The summed E-state index contributed by atoms with van der Waals surface area (Å²) in [6.07, 6.45) is -7.36. The van der Waals surface area contributed by atoms with Crippen molar-refractivity contribution < 1.29 is 32.7 Å². The highest BCUT2D eigenvalue weighted by Gasteiger charge is 2.60. The van der Waals surface area contributed by atoms with Crippen LogP contribution in [0.1, 0.15) is 6.42 Å². The zero-order valence-corrected chi connectivity index (χ0v) is 10.1. The van der Waals surface area contributed by atoms with Crippen LogP contribution in [-0.4, -0.2) is 47.2 Å². The number of nitrogens with one attached hydrogen (secondary N) is 2. The number of hydrogen-bond donors (Lipinski definition) is 3. The number of carbonyl (C=O) groups is 3. The molecule has 0 spiro atoms. The molecule has 0 bridgehead atoms. The molecule has 2 rings (SSSR count). The molecule has 1 aliphatic carbocycles. The molecule has 1 heterocycles. The van der Waals surface area contributed by atoms with Gasteiger partial charge in [0.2, 0.25) is 11.8 Å². The summed E-state index contributed by atoms with van der Waals surface area (Å²) in [5.41, 5.74) is 3.63. The number of carbonyl (C=O) groups excluding carboxylic acids is 2. The summed E-state index contributed by atoms with van der Waals surface area (Å²) in [6, 6.07) is 0. The van der Waals surface area contributed by atoms with Gasteiger partial charge in [-0.15, -0.1) is 0 Å². The summed E-state index contributed by atoms with van der Waals surface area (Å²) in [5, 5.41) is 8.72. The Labute approximate surface area is 111 Å². The number of hydrazine groups is 1. The fourth-order valence-corrected chi connectivity index (χ4v) is 2.51. The van der Waals surface area contributed by atoms with Crippen molar-refractivity contribution in [1.29, 1.82) is 0 Å². The minimum absolute atomic E-state index is 0.120. The van der Waals surface area contributed by atoms with Crippen LogP contribution in [0.15, 0.2) is 0 Å². The summed E-state index contributed by atoms with van der Waals surface area (Å²) in [7, 11) is 0. The summed E-state index contributed by atoms with van der Waals surface area (Å²) in [4.78, 5) is 34.3. The van der Waals surface area contributed by atoms with Gasteiger partial charge in [0.1, 0.15) is 6.42 Å². The first-order chi connectivity index (χ1) is 9.19. The normalized spacial score (nSPS) is 27.8. The van der Waals surface area contributed by atoms with Gasteiger partial charge in [0.05, 0.1) is 0 Å². The van der Waals surface area contributed by atoms with Crippen molar-refractivity contribution in [1.82, 2.24) is 15.8 Å². The van der Waals surface area contributed by atoms with Crippen LogP contribution in [0.4, 0.5) is 18.0 Å². The second kappa shape index (κ2) is 4.84. The Morgan fingerprint density at radius 2 is 1.70 bits per heavy atom. The third-order valence-corrected chi connectivity index (χ3v) is 3.45. The number of piperidine rings is 1. The third kappa shape index (κ3) is 3.11. The van der Waals surface area contributed by atoms with Crippen molar-refractivity contribution >= 4 is 17.9 Å². The molecular weight excluding hydrogens is 283 g/mol. The monoisotopic (exact) mass is 295 g/mol. The number of fused-ring (bicyclic) bond motifs is 1. The Kier molecular flexibility index (Phi) is 3.48. The van der Waals surface area contributed by atoms with E-state index in [4.69, 9.17) is 5.11 Å². The Hall–Kier alpha value is -2.00. The zero-order chi connectivity index (χ0) is 15.1. The summed E-state index contributed by atoms with van der Waals surface area (Å²) in [5.74, 6) is -2.61. The first-order valence-electron chi connectivity index (χ1n) is 5.82. The Bertz CT molecular complexity index is 442. The highest BCUT2D eigenvalue weighted by molar-refractivity contribution is 5.86. The van der Waals surface area contributed by atoms with E-state index in [1.54, 1.807) is 5.43 Å². The Morgan fingerprint density at radius 3 is 2.15 bits per heavy atom. The van der Waals surface area contributed by atoms with Gasteiger partial charge in [0, 0.05) is 19.0 Å². The van der Waals surface area contributed by atoms with Gasteiger partial charge in [-0.05, 0) is 11.8 Å². The predicted octanol–water partition coefficient (Wildman–Crippen LogP) is -0.0580. The Morgan fingerprint density at radius 1 is 1.15 bits per heavy atom. The van der Waals surface area contributed by atoms with Crippen molar-refractivity contribution in [2.75, 3.05) is 13.1 Å². The minimum atomic E-state index is -4.63. The molecule has 0 radical (unpaired) electrons. The van der Waals surface area contributed by atoms with Crippen LogP contribution in [0.25, 0.3) is 0 Å². The molecule has 7 nitrogen and oxygen atoms in total. The maximum Gasteiger partial charge on any atom is 0.407 e. The molecule has 1 saturated heterocycles. The van der Waals surface area contributed by atoms with Crippen LogP contribution >= 0.6 is 0 Å². The van der Waals surface area contributed by atoms with Gasteiger partial charge in [0.15, 0.2) is 0 Å². The van der Waals surface area contributed by atoms with Crippen LogP contribution in [0.2, 0.25) is 0 Å². The molecule has 0 aromatic carbocycles. The minimum Gasteiger partial charge on any atom is -0.465 e. The van der Waals surface area contributed by atoms with Crippen LogP contribution < -0.4 is 10.9 Å². The average molecular weight is 295 g/mol. The van der Waals surface area contributed by atoms with E-state index in [1.807, 2.05) is 5.43 Å². The van der Waals surface area contributed by atoms with Crippen LogP contribution in [0.3, 0.4) is 0 Å². The molecule has 0 aromatic heterocycles. The summed E-state index contributed by atoms with van der Waals surface area (Å²) in [6.45, 7) is 0.461. The standard InChI is InChI=1S/C10H12F3N3O4/c11-10(12,13)1-6(17)14-15-8(18)7-4-2-16(9(19)20)3-5(4)7/h4-5,7H,1-3H2,(H,14,17)(H,15,18)(H,19,20)/t4-,5+,7?. The molecule has 3 N–H and O–H groups in total. The molecule has 0 aromatic rings. The lowest BCUT2D eigenvalue weighted by Gasteiger charge is -2.15. The average Bonchev–Trinajstić information content (AvgIpc) is 2.78. The Balaban J connectivity index is 1.71. The van der Waals surface area contributed by atoms with E-state index in [0.717, 1.165) is 0 Å². The molecule has 2 aliphatic rings. The van der Waals surface area contributed by atoms with E-state index < -0.39 is 36.4 Å². The molecule has 3 atom stereocenters. The van der Waals surface area contributed by atoms with Crippen molar-refractivity contribution in [2.24, 2.45) is 17.8 Å². The lowest BCUT2D eigenvalue weighted by Crippen LogP contribution is -2.45. The highest BCUT2D eigenvalue weighted by atomic mass is 19.4. The number of amides is 3. The summed E-state index contributed by atoms with van der Waals surface area (Å²) < 4.78 is 35.6. The number of rotatable bonds is 2. The molecule has 2 fully saturated rings. The van der Waals surface area contributed by atoms with E-state index in [0.29, 0.717) is 0 Å². The number of nitrogens with zero attached hydrogens (tertiary/aromatic N) is 1. The first kappa shape index (κ1) is 14.4. The second-order valence-corrected chi connectivity index (χ2v) is 4.87. The topological polar surface area (TPSA) is 98.7 Å². The number of alkyl halides is 3. The molecule has 1 aliphatic heterocycles. The largest absolute Gasteiger partial charge is 0.465 e. The van der Waals surface area contributed by atoms with Gasteiger partial charge in [-0.2, -0.15) is 13.2 Å². The van der Waals surface area contributed by atoms with E-state index in [1.165, 1.54) is 4.90 Å². The van der Waals surface area contributed by atoms with Crippen LogP contribution in [0, 0.1) is 17.8 Å². The fourth-order valence-electron chi connectivity index (χ4n) is 2.51. The van der Waals surface area contributed by atoms with Crippen molar-refractivity contribution in [3.8, 4) is 0 Å². The number of likely N-dealkylation sites (tertiary alicyclic amines) is 1. The number of halogens is 3. The van der Waals surface area contributed by atoms with Crippen LogP contribution in [0.5, 0.6) is 0 Å². The van der Waals surface area contributed by atoms with Gasteiger partial charge in [-0.1, -0.05) is 0 Å². The van der Waals surface area contributed by atoms with Gasteiger partial charge < -0.3 is 10.0 Å². The number of carboxylic acid groups (broad SMARTS) is 1. The van der Waals surface area contributed by atoms with Gasteiger partial charge in [-0.3, -0.25) is 20.4 Å². The van der Waals surface area contributed by atoms with E-state index in [2.05, 4.69) is 0 Å². The number of hydrogen-bond acceptors (Lipinski definition) is 3. The van der Waals surface area contributed by atoms with E-state index in [-0.39, 0.29) is 24.9 Å². The highest BCUT2D eigenvalue weighted by Crippen LogP contribution is 2.51. The van der Waals surface area contributed by atoms with E-state index in [9.17, 15) is 27.6 Å². The second-order valence-electron chi connectivity index (χ2n) is 4.87. The van der Waals surface area contributed by atoms with Gasteiger partial charge in [-0.25, -0.2) is 4.79 Å². The predicted molar refractivity (Wildman–Crippen MR) is 57.0 cm³/mol. The van der Waals surface area contributed by atoms with Crippen molar-refractivity contribution in [2.45, 2.75) is 12.6 Å². The quantitative estimate of drug-likeness (QED) is 0.622. The van der Waals surface area contributed by atoms with Gasteiger partial charge in [0.25, 0.3) is 0 Å². The lowest BCUT2D eigenvalue weighted by atomic mass is 10.2. The fraction of sp³-hybridized carbons (Fsp3) is 0.700. The van der Waals surface area contributed by atoms with E-state index >= 15 is 0 Å².